The summed E-state index contributed by atoms with van der Waals surface area (Å²) >= 11 is 0. The molecule has 0 aromatic carbocycles. The molecule has 0 radical (unpaired) electrons. The van der Waals surface area contributed by atoms with Crippen molar-refractivity contribution in [3.8, 4) is 0 Å². The van der Waals surface area contributed by atoms with Gasteiger partial charge in [-0.15, -0.1) is 0 Å². The van der Waals surface area contributed by atoms with E-state index in [9.17, 15) is 9.59 Å². The van der Waals surface area contributed by atoms with Crippen molar-refractivity contribution in [2.75, 3.05) is 7.05 Å². The molecular formula is C15H20N4O2. The number of aryl methyl sites for hydroxylation is 1. The average molecular weight is 288 g/mol. The monoisotopic (exact) mass is 288 g/mol. The molecule has 21 heavy (non-hydrogen) atoms. The molecule has 6 nitrogen and oxygen atoms in total. The Bertz CT molecular complexity index is 700. The van der Waals surface area contributed by atoms with Crippen LogP contribution in [-0.2, 0) is 6.54 Å². The molecule has 2 aromatic heterocycles. The van der Waals surface area contributed by atoms with Crippen molar-refractivity contribution in [2.45, 2.75) is 33.4 Å². The van der Waals surface area contributed by atoms with Gasteiger partial charge in [0.25, 0.3) is 5.91 Å². The molecule has 0 saturated carbocycles. The second-order valence-electron chi connectivity index (χ2n) is 5.48. The van der Waals surface area contributed by atoms with E-state index in [-0.39, 0.29) is 22.9 Å². The molecule has 0 spiro atoms. The first-order valence-corrected chi connectivity index (χ1v) is 6.86. The van der Waals surface area contributed by atoms with Crippen LogP contribution in [0.25, 0.3) is 0 Å². The standard InChI is InChI=1S/C15H20N4O2/c1-10(2)19-9-12(6-17-19)8-18(4)15(21)13-7-16-11(3)5-14(13)20/h5-7,9-10H,8H2,1-4H3,(H,16,20). The number of pyridine rings is 1. The third kappa shape index (κ3) is 3.39. The predicted molar refractivity (Wildman–Crippen MR) is 80.2 cm³/mol. The maximum atomic E-state index is 12.3. The zero-order valence-electron chi connectivity index (χ0n) is 12.8. The molecule has 0 aliphatic rings. The van der Waals surface area contributed by atoms with E-state index >= 15 is 0 Å². The number of carbonyl (C=O) groups excluding carboxylic acids is 1. The van der Waals surface area contributed by atoms with Crippen molar-refractivity contribution >= 4 is 5.91 Å². The van der Waals surface area contributed by atoms with E-state index in [1.165, 1.54) is 17.2 Å². The molecule has 0 fully saturated rings. The molecule has 1 N–H and O–H groups in total. The Hall–Kier alpha value is -2.37. The summed E-state index contributed by atoms with van der Waals surface area (Å²) in [5.74, 6) is -0.298. The second-order valence-corrected chi connectivity index (χ2v) is 5.48. The lowest BCUT2D eigenvalue weighted by Gasteiger charge is -2.15. The van der Waals surface area contributed by atoms with Crippen LogP contribution in [0.2, 0.25) is 0 Å². The van der Waals surface area contributed by atoms with Gasteiger partial charge in [0.1, 0.15) is 5.56 Å². The Balaban J connectivity index is 2.13. The van der Waals surface area contributed by atoms with E-state index in [0.29, 0.717) is 6.54 Å². The fraction of sp³-hybridized carbons (Fsp3) is 0.400. The molecule has 2 aromatic rings. The molecule has 2 rings (SSSR count). The topological polar surface area (TPSA) is 71.0 Å². The van der Waals surface area contributed by atoms with Crippen molar-refractivity contribution in [3.05, 3.63) is 51.7 Å². The summed E-state index contributed by atoms with van der Waals surface area (Å²) < 4.78 is 1.84. The molecule has 112 valence electrons. The second kappa shape index (κ2) is 5.95. The summed E-state index contributed by atoms with van der Waals surface area (Å²) in [6, 6.07) is 1.71. The minimum absolute atomic E-state index is 0.152. The van der Waals surface area contributed by atoms with Gasteiger partial charge in [0.2, 0.25) is 0 Å². The maximum absolute atomic E-state index is 12.3. The minimum Gasteiger partial charge on any atom is -0.364 e. The Morgan fingerprint density at radius 3 is 2.76 bits per heavy atom. The fourth-order valence-corrected chi connectivity index (χ4v) is 2.03. The van der Waals surface area contributed by atoms with Gasteiger partial charge >= 0.3 is 0 Å². The molecule has 1 amide bonds. The molecule has 2 heterocycles. The lowest BCUT2D eigenvalue weighted by Crippen LogP contribution is -2.30. The lowest BCUT2D eigenvalue weighted by atomic mass is 10.2. The van der Waals surface area contributed by atoms with Gasteiger partial charge in [-0.25, -0.2) is 0 Å². The van der Waals surface area contributed by atoms with Gasteiger partial charge in [-0.05, 0) is 20.8 Å². The summed E-state index contributed by atoms with van der Waals surface area (Å²) in [6.45, 7) is 6.27. The van der Waals surface area contributed by atoms with Crippen molar-refractivity contribution < 1.29 is 4.79 Å². The molecule has 0 aliphatic carbocycles. The van der Waals surface area contributed by atoms with Crippen LogP contribution in [0.5, 0.6) is 0 Å². The molecule has 0 atom stereocenters. The zero-order chi connectivity index (χ0) is 15.6. The summed E-state index contributed by atoms with van der Waals surface area (Å²) in [5.41, 5.74) is 1.56. The number of hydrogen-bond donors (Lipinski definition) is 1. The summed E-state index contributed by atoms with van der Waals surface area (Å²) in [4.78, 5) is 28.6. The number of aromatic amines is 1. The van der Waals surface area contributed by atoms with E-state index in [2.05, 4.69) is 10.1 Å². The van der Waals surface area contributed by atoms with Crippen LogP contribution in [0.3, 0.4) is 0 Å². The molecule has 0 aliphatic heterocycles. The number of carbonyl (C=O) groups is 1. The number of aromatic nitrogens is 3. The molecule has 0 bridgehead atoms. The van der Waals surface area contributed by atoms with Crippen LogP contribution in [-0.4, -0.2) is 32.6 Å². The van der Waals surface area contributed by atoms with Gasteiger partial charge in [-0.3, -0.25) is 14.3 Å². The summed E-state index contributed by atoms with van der Waals surface area (Å²) in [5, 5.41) is 4.24. The highest BCUT2D eigenvalue weighted by atomic mass is 16.2. The quantitative estimate of drug-likeness (QED) is 0.931. The van der Waals surface area contributed by atoms with E-state index in [4.69, 9.17) is 0 Å². The fourth-order valence-electron chi connectivity index (χ4n) is 2.03. The van der Waals surface area contributed by atoms with E-state index in [1.54, 1.807) is 20.2 Å². The molecule has 6 heteroatoms. The van der Waals surface area contributed by atoms with Crippen molar-refractivity contribution in [1.82, 2.24) is 19.7 Å². The normalized spacial score (nSPS) is 10.9. The molecule has 0 unspecified atom stereocenters. The Morgan fingerprint density at radius 2 is 2.19 bits per heavy atom. The number of nitrogens with zero attached hydrogens (tertiary/aromatic N) is 3. The first kappa shape index (κ1) is 15.0. The van der Waals surface area contributed by atoms with Crippen LogP contribution in [0.4, 0.5) is 0 Å². The molecule has 0 saturated heterocycles. The zero-order valence-corrected chi connectivity index (χ0v) is 12.8. The third-order valence-electron chi connectivity index (χ3n) is 3.24. The van der Waals surface area contributed by atoms with Crippen molar-refractivity contribution in [2.24, 2.45) is 0 Å². The predicted octanol–water partition coefficient (Wildman–Crippen LogP) is 1.73. The Morgan fingerprint density at radius 1 is 1.48 bits per heavy atom. The number of nitrogens with one attached hydrogen (secondary N) is 1. The van der Waals surface area contributed by atoms with Gasteiger partial charge in [-0.2, -0.15) is 5.10 Å². The maximum Gasteiger partial charge on any atom is 0.259 e. The number of hydrogen-bond acceptors (Lipinski definition) is 3. The molecular weight excluding hydrogens is 268 g/mol. The lowest BCUT2D eigenvalue weighted by molar-refractivity contribution is 0.0783. The summed E-state index contributed by atoms with van der Waals surface area (Å²) in [6.07, 6.45) is 5.12. The van der Waals surface area contributed by atoms with Crippen LogP contribution in [0, 0.1) is 6.92 Å². The van der Waals surface area contributed by atoms with Crippen molar-refractivity contribution in [3.63, 3.8) is 0 Å². The first-order chi connectivity index (χ1) is 9.88. The first-order valence-electron chi connectivity index (χ1n) is 6.86. The van der Waals surface area contributed by atoms with Gasteiger partial charge in [0.15, 0.2) is 5.43 Å². The van der Waals surface area contributed by atoms with Gasteiger partial charge < -0.3 is 9.88 Å². The van der Waals surface area contributed by atoms with Gasteiger partial charge in [-0.1, -0.05) is 0 Å². The summed E-state index contributed by atoms with van der Waals surface area (Å²) in [7, 11) is 1.67. The van der Waals surface area contributed by atoms with Gasteiger partial charge in [0, 0.05) is 49.4 Å². The van der Waals surface area contributed by atoms with E-state index in [1.807, 2.05) is 24.7 Å². The van der Waals surface area contributed by atoms with Crippen LogP contribution >= 0.6 is 0 Å². The van der Waals surface area contributed by atoms with E-state index in [0.717, 1.165) is 11.3 Å². The Labute approximate surface area is 123 Å². The number of H-pyrrole nitrogens is 1. The SMILES string of the molecule is Cc1cc(=O)c(C(=O)N(C)Cc2cnn(C(C)C)c2)c[nH]1. The minimum atomic E-state index is -0.298. The highest BCUT2D eigenvalue weighted by Crippen LogP contribution is 2.09. The highest BCUT2D eigenvalue weighted by molar-refractivity contribution is 5.93. The number of rotatable bonds is 4. The highest BCUT2D eigenvalue weighted by Gasteiger charge is 2.16. The van der Waals surface area contributed by atoms with Gasteiger partial charge in [0.05, 0.1) is 6.20 Å². The smallest absolute Gasteiger partial charge is 0.259 e. The largest absolute Gasteiger partial charge is 0.364 e. The Kier molecular flexibility index (Phi) is 4.26. The number of amides is 1. The van der Waals surface area contributed by atoms with Crippen LogP contribution in [0.1, 0.15) is 41.5 Å². The van der Waals surface area contributed by atoms with Crippen molar-refractivity contribution in [1.29, 1.82) is 0 Å². The average Bonchev–Trinajstić information content (AvgIpc) is 2.86. The van der Waals surface area contributed by atoms with E-state index < -0.39 is 0 Å². The third-order valence-corrected chi connectivity index (χ3v) is 3.24. The van der Waals surface area contributed by atoms with Crippen LogP contribution in [0.15, 0.2) is 29.5 Å². The van der Waals surface area contributed by atoms with Crippen LogP contribution < -0.4 is 5.43 Å².